The van der Waals surface area contributed by atoms with Gasteiger partial charge < -0.3 is 14.8 Å². The molecular weight excluding hydrogens is 373 g/mol. The number of benzene rings is 2. The topological polar surface area (TPSA) is 91.2 Å². The molecule has 2 aromatic carbocycles. The number of carbonyl (C=O) groups excluding carboxylic acids is 1. The Hall–Kier alpha value is -3.14. The first-order valence-corrected chi connectivity index (χ1v) is 8.78. The van der Waals surface area contributed by atoms with Gasteiger partial charge in [0.05, 0.1) is 31.3 Å². The highest BCUT2D eigenvalue weighted by atomic mass is 32.2. The minimum Gasteiger partial charge on any atom is -0.497 e. The summed E-state index contributed by atoms with van der Waals surface area (Å²) in [7, 11) is 3.06. The number of ether oxygens (including phenoxy) is 2. The van der Waals surface area contributed by atoms with Crippen LogP contribution >= 0.6 is 11.8 Å². The fraction of sp³-hybridized carbons (Fsp3) is 0.176. The van der Waals surface area contributed by atoms with E-state index in [-0.39, 0.29) is 17.5 Å². The second-order valence-electron chi connectivity index (χ2n) is 5.25. The van der Waals surface area contributed by atoms with E-state index in [0.717, 1.165) is 11.8 Å². The van der Waals surface area contributed by atoms with Crippen LogP contribution in [0.15, 0.2) is 47.6 Å². The van der Waals surface area contributed by atoms with Crippen molar-refractivity contribution in [3.8, 4) is 17.2 Å². The molecule has 140 valence electrons. The normalized spacial score (nSPS) is 10.5. The first-order chi connectivity index (χ1) is 13.1. The summed E-state index contributed by atoms with van der Waals surface area (Å²) in [6, 6.07) is 10.8. The largest absolute Gasteiger partial charge is 0.497 e. The lowest BCUT2D eigenvalue weighted by atomic mass is 10.2. The average molecular weight is 389 g/mol. The Labute approximate surface area is 158 Å². The number of nitrogens with zero attached hydrogens (tertiary/aromatic N) is 4. The third kappa shape index (κ3) is 4.53. The molecule has 0 aliphatic rings. The first-order valence-electron chi connectivity index (χ1n) is 7.79. The molecule has 27 heavy (non-hydrogen) atoms. The van der Waals surface area contributed by atoms with Crippen molar-refractivity contribution in [3.05, 3.63) is 48.3 Å². The number of thioether (sulfide) groups is 1. The molecule has 0 bridgehead atoms. The van der Waals surface area contributed by atoms with E-state index in [9.17, 15) is 9.18 Å². The Kier molecular flexibility index (Phi) is 5.87. The Morgan fingerprint density at radius 3 is 2.67 bits per heavy atom. The molecule has 0 saturated heterocycles. The zero-order chi connectivity index (χ0) is 19.2. The van der Waals surface area contributed by atoms with Crippen molar-refractivity contribution in [2.45, 2.75) is 5.16 Å². The summed E-state index contributed by atoms with van der Waals surface area (Å²) in [5, 5.41) is 14.6. The predicted molar refractivity (Wildman–Crippen MR) is 98.0 cm³/mol. The summed E-state index contributed by atoms with van der Waals surface area (Å²) >= 11 is 1.16. The van der Waals surface area contributed by atoms with Crippen molar-refractivity contribution in [3.63, 3.8) is 0 Å². The number of methoxy groups -OCH3 is 2. The van der Waals surface area contributed by atoms with E-state index in [0.29, 0.717) is 28.0 Å². The fourth-order valence-corrected chi connectivity index (χ4v) is 2.92. The molecule has 0 atom stereocenters. The molecule has 0 aliphatic carbocycles. The van der Waals surface area contributed by atoms with E-state index >= 15 is 0 Å². The number of hydrogen-bond acceptors (Lipinski definition) is 7. The van der Waals surface area contributed by atoms with E-state index in [1.54, 1.807) is 37.4 Å². The summed E-state index contributed by atoms with van der Waals surface area (Å²) in [5.41, 5.74) is 1.13. The molecule has 1 heterocycles. The number of aromatic nitrogens is 4. The molecule has 1 aromatic heterocycles. The van der Waals surface area contributed by atoms with Crippen LogP contribution in [0.5, 0.6) is 11.5 Å². The minimum atomic E-state index is -0.353. The van der Waals surface area contributed by atoms with Crippen LogP contribution in [0.25, 0.3) is 5.69 Å². The zero-order valence-electron chi connectivity index (χ0n) is 14.5. The van der Waals surface area contributed by atoms with E-state index in [1.165, 1.54) is 23.9 Å². The van der Waals surface area contributed by atoms with Crippen LogP contribution in [-0.4, -0.2) is 46.1 Å². The third-order valence-electron chi connectivity index (χ3n) is 3.53. The van der Waals surface area contributed by atoms with E-state index in [2.05, 4.69) is 20.8 Å². The molecule has 0 spiro atoms. The van der Waals surface area contributed by atoms with Gasteiger partial charge in [-0.2, -0.15) is 4.68 Å². The molecule has 0 aliphatic heterocycles. The van der Waals surface area contributed by atoms with Gasteiger partial charge in [-0.1, -0.05) is 11.8 Å². The third-order valence-corrected chi connectivity index (χ3v) is 4.45. The number of hydrogen-bond donors (Lipinski definition) is 1. The Morgan fingerprint density at radius 1 is 1.19 bits per heavy atom. The van der Waals surface area contributed by atoms with Crippen molar-refractivity contribution in [1.29, 1.82) is 0 Å². The monoisotopic (exact) mass is 389 g/mol. The second-order valence-corrected chi connectivity index (χ2v) is 6.20. The highest BCUT2D eigenvalue weighted by Gasteiger charge is 2.13. The molecule has 3 aromatic rings. The molecule has 3 rings (SSSR count). The molecule has 0 unspecified atom stereocenters. The van der Waals surface area contributed by atoms with E-state index in [4.69, 9.17) is 9.47 Å². The Morgan fingerprint density at radius 2 is 1.96 bits per heavy atom. The number of anilines is 1. The summed E-state index contributed by atoms with van der Waals surface area (Å²) in [5.74, 6) is 0.587. The standard InChI is InChI=1S/C17H16FN5O3S/c1-25-13-7-8-14(15(9-13)26-2)19-16(24)10-27-17-20-21-22-23(17)12-5-3-11(18)4-6-12/h3-9H,10H2,1-2H3,(H,19,24). The molecule has 1 N–H and O–H groups in total. The number of halogens is 1. The van der Waals surface area contributed by atoms with Crippen LogP contribution in [0.3, 0.4) is 0 Å². The van der Waals surface area contributed by atoms with Crippen molar-refractivity contribution in [2.24, 2.45) is 0 Å². The number of rotatable bonds is 7. The van der Waals surface area contributed by atoms with Gasteiger partial charge in [0.25, 0.3) is 0 Å². The predicted octanol–water partition coefficient (Wildman–Crippen LogP) is 2.55. The van der Waals surface area contributed by atoms with Gasteiger partial charge in [-0.15, -0.1) is 5.10 Å². The summed E-state index contributed by atoms with van der Waals surface area (Å²) in [6.45, 7) is 0. The Balaban J connectivity index is 1.65. The first kappa shape index (κ1) is 18.6. The van der Waals surface area contributed by atoms with Gasteiger partial charge in [0.15, 0.2) is 0 Å². The van der Waals surface area contributed by atoms with E-state index < -0.39 is 0 Å². The van der Waals surface area contributed by atoms with Crippen molar-refractivity contribution in [1.82, 2.24) is 20.2 Å². The zero-order valence-corrected chi connectivity index (χ0v) is 15.4. The molecule has 8 nitrogen and oxygen atoms in total. The van der Waals surface area contributed by atoms with Crippen LogP contribution in [0, 0.1) is 5.82 Å². The van der Waals surface area contributed by atoms with Gasteiger partial charge in [0.1, 0.15) is 17.3 Å². The van der Waals surface area contributed by atoms with Crippen molar-refractivity contribution < 1.29 is 18.7 Å². The fourth-order valence-electron chi connectivity index (χ4n) is 2.23. The van der Waals surface area contributed by atoms with Gasteiger partial charge in [-0.3, -0.25) is 4.79 Å². The lowest BCUT2D eigenvalue weighted by molar-refractivity contribution is -0.113. The second kappa shape index (κ2) is 8.49. The lowest BCUT2D eigenvalue weighted by Gasteiger charge is -2.11. The Bertz CT molecular complexity index is 933. The quantitative estimate of drug-likeness (QED) is 0.621. The van der Waals surface area contributed by atoms with Crippen molar-refractivity contribution >= 4 is 23.4 Å². The molecular formula is C17H16FN5O3S. The van der Waals surface area contributed by atoms with E-state index in [1.807, 2.05) is 0 Å². The maximum atomic E-state index is 13.1. The number of carbonyl (C=O) groups is 1. The van der Waals surface area contributed by atoms with Crippen molar-refractivity contribution in [2.75, 3.05) is 25.3 Å². The van der Waals surface area contributed by atoms with Gasteiger partial charge >= 0.3 is 0 Å². The smallest absolute Gasteiger partial charge is 0.234 e. The maximum Gasteiger partial charge on any atom is 0.234 e. The summed E-state index contributed by atoms with van der Waals surface area (Å²) in [6.07, 6.45) is 0. The van der Waals surface area contributed by atoms with Crippen LogP contribution < -0.4 is 14.8 Å². The highest BCUT2D eigenvalue weighted by molar-refractivity contribution is 7.99. The van der Waals surface area contributed by atoms with Crippen LogP contribution in [0.1, 0.15) is 0 Å². The summed E-state index contributed by atoms with van der Waals surface area (Å²) < 4.78 is 24.9. The lowest BCUT2D eigenvalue weighted by Crippen LogP contribution is -2.15. The molecule has 1 amide bonds. The molecule has 0 saturated carbocycles. The number of tetrazole rings is 1. The van der Waals surface area contributed by atoms with Gasteiger partial charge in [0.2, 0.25) is 11.1 Å². The molecule has 0 fully saturated rings. The highest BCUT2D eigenvalue weighted by Crippen LogP contribution is 2.29. The number of nitrogens with one attached hydrogen (secondary N) is 1. The van der Waals surface area contributed by atoms with Crippen LogP contribution in [-0.2, 0) is 4.79 Å². The van der Waals surface area contributed by atoms with Crippen LogP contribution in [0.2, 0.25) is 0 Å². The summed E-state index contributed by atoms with van der Waals surface area (Å²) in [4.78, 5) is 12.3. The SMILES string of the molecule is COc1ccc(NC(=O)CSc2nnnn2-c2ccc(F)cc2)c(OC)c1. The maximum absolute atomic E-state index is 13.1. The number of amides is 1. The minimum absolute atomic E-state index is 0.0801. The van der Waals surface area contributed by atoms with Crippen LogP contribution in [0.4, 0.5) is 10.1 Å². The van der Waals surface area contributed by atoms with Gasteiger partial charge in [-0.05, 0) is 46.8 Å². The molecule has 0 radical (unpaired) electrons. The molecule has 10 heteroatoms. The van der Waals surface area contributed by atoms with Gasteiger partial charge in [-0.25, -0.2) is 4.39 Å². The average Bonchev–Trinajstić information content (AvgIpc) is 3.16. The van der Waals surface area contributed by atoms with Gasteiger partial charge in [0, 0.05) is 6.07 Å².